The summed E-state index contributed by atoms with van der Waals surface area (Å²) in [5, 5.41) is 5.41. The lowest BCUT2D eigenvalue weighted by atomic mass is 9.81. The van der Waals surface area contributed by atoms with Gasteiger partial charge in [0.05, 0.1) is 0 Å². The molecule has 5 rings (SSSR count). The molecule has 2 heterocycles. The van der Waals surface area contributed by atoms with Gasteiger partial charge in [-0.25, -0.2) is 0 Å². The summed E-state index contributed by atoms with van der Waals surface area (Å²) in [7, 11) is 0. The summed E-state index contributed by atoms with van der Waals surface area (Å²) in [6, 6.07) is 12.9. The number of rotatable bonds is 10. The van der Waals surface area contributed by atoms with Gasteiger partial charge in [-0.05, 0) is 87.3 Å². The zero-order valence-corrected chi connectivity index (χ0v) is 23.6. The lowest BCUT2D eigenvalue weighted by molar-refractivity contribution is -0.145. The molecule has 1 aromatic heterocycles. The molecular formula is C31H44N4O2S. The van der Waals surface area contributed by atoms with E-state index in [9.17, 15) is 9.59 Å². The van der Waals surface area contributed by atoms with Crippen molar-refractivity contribution in [1.29, 1.82) is 0 Å². The molecule has 2 amide bonds. The molecule has 3 aliphatic rings. The molecule has 2 aromatic rings. The summed E-state index contributed by atoms with van der Waals surface area (Å²) in [5.41, 5.74) is 8.49. The zero-order valence-electron chi connectivity index (χ0n) is 22.8. The van der Waals surface area contributed by atoms with E-state index in [2.05, 4.69) is 58.9 Å². The lowest BCUT2D eigenvalue weighted by Gasteiger charge is -2.43. The third-order valence-corrected chi connectivity index (χ3v) is 9.70. The van der Waals surface area contributed by atoms with Crippen LogP contribution in [0.4, 0.5) is 0 Å². The first-order chi connectivity index (χ1) is 18.5. The van der Waals surface area contributed by atoms with Crippen molar-refractivity contribution in [3.05, 3.63) is 57.8 Å². The number of carbonyl (C=O) groups is 2. The Morgan fingerprint density at radius 3 is 2.53 bits per heavy atom. The quantitative estimate of drug-likeness (QED) is 0.461. The van der Waals surface area contributed by atoms with Crippen LogP contribution < -0.4 is 11.1 Å². The Morgan fingerprint density at radius 2 is 1.82 bits per heavy atom. The summed E-state index contributed by atoms with van der Waals surface area (Å²) in [4.78, 5) is 32.7. The number of carbonyl (C=O) groups excluding carboxylic acids is 2. The summed E-state index contributed by atoms with van der Waals surface area (Å²) >= 11 is 1.78. The van der Waals surface area contributed by atoms with Crippen LogP contribution in [0.25, 0.3) is 0 Å². The van der Waals surface area contributed by atoms with Crippen LogP contribution in [0.1, 0.15) is 67.4 Å². The SMILES string of the molecule is Cc1ccc(CN(Cc2cccs2)C2CCN(C(=O)C3CC3)[C@@H](C(=O)NCC3CCCC(CN)C3)C2)cc1. The number of hydrogen-bond donors (Lipinski definition) is 2. The number of piperidine rings is 1. The number of nitrogens with zero attached hydrogens (tertiary/aromatic N) is 2. The van der Waals surface area contributed by atoms with Crippen LogP contribution in [-0.4, -0.2) is 53.3 Å². The number of amides is 2. The third kappa shape index (κ3) is 7.04. The number of nitrogens with one attached hydrogen (secondary N) is 1. The first-order valence-corrected chi connectivity index (χ1v) is 15.5. The van der Waals surface area contributed by atoms with Crippen molar-refractivity contribution in [2.24, 2.45) is 23.5 Å². The monoisotopic (exact) mass is 536 g/mol. The highest BCUT2D eigenvalue weighted by atomic mass is 32.1. The topological polar surface area (TPSA) is 78.7 Å². The van der Waals surface area contributed by atoms with Crippen LogP contribution in [0.5, 0.6) is 0 Å². The largest absolute Gasteiger partial charge is 0.354 e. The first kappa shape index (κ1) is 27.4. The van der Waals surface area contributed by atoms with Crippen LogP contribution in [0.3, 0.4) is 0 Å². The molecule has 1 aromatic carbocycles. The average Bonchev–Trinajstić information content (AvgIpc) is 3.68. The van der Waals surface area contributed by atoms with E-state index < -0.39 is 0 Å². The van der Waals surface area contributed by atoms with Crippen LogP contribution in [0, 0.1) is 24.7 Å². The van der Waals surface area contributed by atoms with Crippen LogP contribution in [-0.2, 0) is 22.7 Å². The first-order valence-electron chi connectivity index (χ1n) is 14.6. The Kier molecular flexibility index (Phi) is 9.18. The lowest BCUT2D eigenvalue weighted by Crippen LogP contribution is -2.58. The highest BCUT2D eigenvalue weighted by Crippen LogP contribution is 2.35. The molecule has 6 nitrogen and oxygen atoms in total. The molecule has 206 valence electrons. The van der Waals surface area contributed by atoms with Gasteiger partial charge in [0.2, 0.25) is 11.8 Å². The summed E-state index contributed by atoms with van der Waals surface area (Å²) in [6.07, 6.45) is 8.17. The van der Waals surface area contributed by atoms with E-state index in [0.29, 0.717) is 31.3 Å². The van der Waals surface area contributed by atoms with E-state index >= 15 is 0 Å². The van der Waals surface area contributed by atoms with E-state index in [-0.39, 0.29) is 29.8 Å². The van der Waals surface area contributed by atoms with Crippen LogP contribution >= 0.6 is 11.3 Å². The van der Waals surface area contributed by atoms with Gasteiger partial charge in [0.15, 0.2) is 0 Å². The predicted octanol–water partition coefficient (Wildman–Crippen LogP) is 4.71. The van der Waals surface area contributed by atoms with Gasteiger partial charge in [-0.15, -0.1) is 11.3 Å². The Balaban J connectivity index is 1.30. The normalized spacial score (nSPS) is 25.9. The van der Waals surface area contributed by atoms with Crippen molar-refractivity contribution in [3.63, 3.8) is 0 Å². The molecule has 38 heavy (non-hydrogen) atoms. The average molecular weight is 537 g/mol. The van der Waals surface area contributed by atoms with Crippen molar-refractivity contribution in [2.75, 3.05) is 19.6 Å². The molecule has 1 saturated heterocycles. The van der Waals surface area contributed by atoms with E-state index in [1.165, 1.54) is 28.8 Å². The highest BCUT2D eigenvalue weighted by molar-refractivity contribution is 7.09. The number of likely N-dealkylation sites (tertiary alicyclic amines) is 1. The second-order valence-corrected chi connectivity index (χ2v) is 12.9. The number of aryl methyl sites for hydroxylation is 1. The van der Waals surface area contributed by atoms with E-state index in [4.69, 9.17) is 5.73 Å². The Morgan fingerprint density at radius 1 is 1.03 bits per heavy atom. The second-order valence-electron chi connectivity index (χ2n) is 11.8. The zero-order chi connectivity index (χ0) is 26.5. The molecule has 0 radical (unpaired) electrons. The fourth-order valence-electron chi connectivity index (χ4n) is 6.36. The molecule has 3 unspecified atom stereocenters. The maximum Gasteiger partial charge on any atom is 0.242 e. The summed E-state index contributed by atoms with van der Waals surface area (Å²) in [6.45, 7) is 5.92. The summed E-state index contributed by atoms with van der Waals surface area (Å²) in [5.74, 6) is 1.41. The van der Waals surface area contributed by atoms with Gasteiger partial charge in [-0.1, -0.05) is 42.3 Å². The van der Waals surface area contributed by atoms with Gasteiger partial charge < -0.3 is 16.0 Å². The van der Waals surface area contributed by atoms with Gasteiger partial charge in [0, 0.05) is 43.0 Å². The Labute approximate surface area is 232 Å². The molecule has 3 N–H and O–H groups in total. The molecule has 2 saturated carbocycles. The number of benzene rings is 1. The molecule has 0 bridgehead atoms. The maximum atomic E-state index is 13.7. The highest BCUT2D eigenvalue weighted by Gasteiger charge is 2.43. The molecule has 4 atom stereocenters. The number of hydrogen-bond acceptors (Lipinski definition) is 5. The molecule has 2 aliphatic carbocycles. The maximum absolute atomic E-state index is 13.7. The van der Waals surface area contributed by atoms with Crippen molar-refractivity contribution < 1.29 is 9.59 Å². The van der Waals surface area contributed by atoms with Crippen molar-refractivity contribution in [2.45, 2.75) is 83.5 Å². The van der Waals surface area contributed by atoms with Gasteiger partial charge in [-0.3, -0.25) is 14.5 Å². The number of thiophene rings is 1. The van der Waals surface area contributed by atoms with Gasteiger partial charge >= 0.3 is 0 Å². The summed E-state index contributed by atoms with van der Waals surface area (Å²) < 4.78 is 0. The van der Waals surface area contributed by atoms with Crippen LogP contribution in [0.2, 0.25) is 0 Å². The molecule has 3 fully saturated rings. The van der Waals surface area contributed by atoms with Gasteiger partial charge in [-0.2, -0.15) is 0 Å². The molecular weight excluding hydrogens is 492 g/mol. The fourth-order valence-corrected chi connectivity index (χ4v) is 7.09. The Bertz CT molecular complexity index is 1050. The van der Waals surface area contributed by atoms with Crippen molar-refractivity contribution >= 4 is 23.2 Å². The van der Waals surface area contributed by atoms with E-state index in [1.807, 2.05) is 4.90 Å². The molecule has 7 heteroatoms. The van der Waals surface area contributed by atoms with Crippen molar-refractivity contribution in [3.8, 4) is 0 Å². The minimum Gasteiger partial charge on any atom is -0.354 e. The van der Waals surface area contributed by atoms with Gasteiger partial charge in [0.25, 0.3) is 0 Å². The fraction of sp³-hybridized carbons (Fsp3) is 0.613. The predicted molar refractivity (Wildman–Crippen MR) is 154 cm³/mol. The second kappa shape index (κ2) is 12.8. The Hall–Kier alpha value is -2.22. The number of nitrogens with two attached hydrogens (primary N) is 1. The molecule has 0 spiro atoms. The van der Waals surface area contributed by atoms with Crippen LogP contribution in [0.15, 0.2) is 41.8 Å². The standard InChI is InChI=1S/C31H44N4O2S/c1-22-7-9-23(10-8-22)20-34(21-28-6-3-15-38-28)27-13-14-35(31(37)26-11-12-26)29(17-27)30(36)33-19-25-5-2-4-24(16-25)18-32/h3,6-10,15,24-27,29H,2,4-5,11-14,16-21,32H2,1H3,(H,33,36)/t24?,25?,27?,29-/m1/s1. The third-order valence-electron chi connectivity index (χ3n) is 8.84. The molecule has 1 aliphatic heterocycles. The minimum atomic E-state index is -0.389. The van der Waals surface area contributed by atoms with Gasteiger partial charge in [0.1, 0.15) is 6.04 Å². The van der Waals surface area contributed by atoms with Crippen molar-refractivity contribution in [1.82, 2.24) is 15.1 Å². The smallest absolute Gasteiger partial charge is 0.242 e. The van der Waals surface area contributed by atoms with E-state index in [1.54, 1.807) is 11.3 Å². The minimum absolute atomic E-state index is 0.0324. The van der Waals surface area contributed by atoms with E-state index in [0.717, 1.165) is 51.7 Å².